The number of fused-ring (bicyclic) bond motifs is 1. The molecule has 0 bridgehead atoms. The maximum Gasteiger partial charge on any atom is 0.142 e. The summed E-state index contributed by atoms with van der Waals surface area (Å²) < 4.78 is 5.27. The van der Waals surface area contributed by atoms with Crippen molar-refractivity contribution in [3.8, 4) is 0 Å². The molecule has 98 valence electrons. The van der Waals surface area contributed by atoms with Gasteiger partial charge < -0.3 is 4.42 Å². The zero-order valence-corrected chi connectivity index (χ0v) is 10.8. The molecular formula is C16H17NO2. The van der Waals surface area contributed by atoms with E-state index in [9.17, 15) is 4.79 Å². The van der Waals surface area contributed by atoms with E-state index in [4.69, 9.17) is 4.42 Å². The quantitative estimate of drug-likeness (QED) is 0.842. The number of aromatic nitrogens is 1. The second kappa shape index (κ2) is 5.39. The van der Waals surface area contributed by atoms with Crippen LogP contribution in [0.3, 0.4) is 0 Å². The number of carbonyl (C=O) groups excluding carboxylic acids is 1. The highest BCUT2D eigenvalue weighted by Crippen LogP contribution is 2.31. The van der Waals surface area contributed by atoms with Gasteiger partial charge in [-0.25, -0.2) is 0 Å². The summed E-state index contributed by atoms with van der Waals surface area (Å²) in [6.07, 6.45) is 7.72. The first kappa shape index (κ1) is 12.2. The van der Waals surface area contributed by atoms with Gasteiger partial charge in [0.1, 0.15) is 11.5 Å². The van der Waals surface area contributed by atoms with Crippen molar-refractivity contribution < 1.29 is 9.21 Å². The summed E-state index contributed by atoms with van der Waals surface area (Å²) in [6, 6.07) is 7.82. The second-order valence-electron chi connectivity index (χ2n) is 5.04. The third-order valence-corrected chi connectivity index (χ3v) is 3.78. The molecule has 3 rings (SSSR count). The fraction of sp³-hybridized carbons (Fsp3) is 0.375. The average molecular weight is 255 g/mol. The standard InChI is InChI=1S/C16H17NO2/c18-15(9-8-13-6-3-11-19-13)14-7-1-4-12-5-2-10-17-16(12)14/h2-3,5-6,10-11,14H,1,4,7-9H2. The molecule has 3 heteroatoms. The first-order chi connectivity index (χ1) is 9.34. The predicted octanol–water partition coefficient (Wildman–Crippen LogP) is 3.30. The first-order valence-electron chi connectivity index (χ1n) is 6.83. The van der Waals surface area contributed by atoms with Gasteiger partial charge in [0, 0.05) is 19.0 Å². The number of ketones is 1. The van der Waals surface area contributed by atoms with Gasteiger partial charge in [-0.3, -0.25) is 9.78 Å². The molecule has 0 N–H and O–H groups in total. The minimum Gasteiger partial charge on any atom is -0.469 e. The third-order valence-electron chi connectivity index (χ3n) is 3.78. The largest absolute Gasteiger partial charge is 0.469 e. The van der Waals surface area contributed by atoms with Crippen LogP contribution in [0.5, 0.6) is 0 Å². The van der Waals surface area contributed by atoms with Crippen molar-refractivity contribution in [2.45, 2.75) is 38.0 Å². The van der Waals surface area contributed by atoms with Crippen molar-refractivity contribution in [3.05, 3.63) is 53.7 Å². The third kappa shape index (κ3) is 2.60. The number of carbonyl (C=O) groups is 1. The molecule has 2 aromatic rings. The molecule has 1 aliphatic rings. The second-order valence-corrected chi connectivity index (χ2v) is 5.04. The lowest BCUT2D eigenvalue weighted by molar-refractivity contribution is -0.120. The summed E-state index contributed by atoms with van der Waals surface area (Å²) in [5.74, 6) is 1.15. The zero-order chi connectivity index (χ0) is 13.1. The van der Waals surface area contributed by atoms with E-state index in [2.05, 4.69) is 11.1 Å². The van der Waals surface area contributed by atoms with E-state index in [1.54, 1.807) is 12.5 Å². The number of pyridine rings is 1. The predicted molar refractivity (Wildman–Crippen MR) is 72.0 cm³/mol. The fourth-order valence-electron chi connectivity index (χ4n) is 2.80. The van der Waals surface area contributed by atoms with Crippen LogP contribution in [0, 0.1) is 0 Å². The Bertz CT molecular complexity index is 560. The minimum absolute atomic E-state index is 0.0140. The number of rotatable bonds is 4. The molecule has 1 atom stereocenters. The lowest BCUT2D eigenvalue weighted by Crippen LogP contribution is -2.20. The summed E-state index contributed by atoms with van der Waals surface area (Å²) in [6.45, 7) is 0. The lowest BCUT2D eigenvalue weighted by atomic mass is 9.83. The first-order valence-corrected chi connectivity index (χ1v) is 6.83. The van der Waals surface area contributed by atoms with Crippen molar-refractivity contribution in [2.75, 3.05) is 0 Å². The molecule has 0 radical (unpaired) electrons. The number of hydrogen-bond acceptors (Lipinski definition) is 3. The van der Waals surface area contributed by atoms with Gasteiger partial charge in [-0.1, -0.05) is 6.07 Å². The van der Waals surface area contributed by atoms with Crippen LogP contribution in [0.1, 0.15) is 42.2 Å². The highest BCUT2D eigenvalue weighted by atomic mass is 16.3. The molecule has 0 saturated heterocycles. The van der Waals surface area contributed by atoms with Crippen LogP contribution in [0.25, 0.3) is 0 Å². The van der Waals surface area contributed by atoms with E-state index < -0.39 is 0 Å². The van der Waals surface area contributed by atoms with Gasteiger partial charge in [0.15, 0.2) is 0 Å². The summed E-state index contributed by atoms with van der Waals surface area (Å²) in [5, 5.41) is 0. The molecular weight excluding hydrogens is 238 g/mol. The Morgan fingerprint density at radius 3 is 3.16 bits per heavy atom. The van der Waals surface area contributed by atoms with Gasteiger partial charge in [0.2, 0.25) is 0 Å². The van der Waals surface area contributed by atoms with Gasteiger partial charge in [0.05, 0.1) is 17.9 Å². The molecule has 0 fully saturated rings. The Hall–Kier alpha value is -1.90. The maximum atomic E-state index is 12.4. The van der Waals surface area contributed by atoms with Crippen LogP contribution >= 0.6 is 0 Å². The molecule has 0 spiro atoms. The Morgan fingerprint density at radius 1 is 1.37 bits per heavy atom. The molecule has 2 aromatic heterocycles. The van der Waals surface area contributed by atoms with Crippen LogP contribution < -0.4 is 0 Å². The SMILES string of the molecule is O=C(CCc1ccco1)C1CCCc2cccnc21. The summed E-state index contributed by atoms with van der Waals surface area (Å²) in [7, 11) is 0. The Morgan fingerprint density at radius 2 is 2.32 bits per heavy atom. The molecule has 19 heavy (non-hydrogen) atoms. The van der Waals surface area contributed by atoms with E-state index in [0.29, 0.717) is 12.8 Å². The smallest absolute Gasteiger partial charge is 0.142 e. The number of Topliss-reactive ketones (excluding diaryl/α,β-unsaturated/α-hetero) is 1. The molecule has 0 aliphatic heterocycles. The summed E-state index contributed by atoms with van der Waals surface area (Å²) in [4.78, 5) is 16.8. The van der Waals surface area contributed by atoms with Crippen molar-refractivity contribution in [1.29, 1.82) is 0 Å². The summed E-state index contributed by atoms with van der Waals surface area (Å²) in [5.41, 5.74) is 2.24. The Balaban J connectivity index is 1.71. The molecule has 1 aliphatic carbocycles. The maximum absolute atomic E-state index is 12.4. The average Bonchev–Trinajstić information content (AvgIpc) is 2.97. The molecule has 1 unspecified atom stereocenters. The van der Waals surface area contributed by atoms with Crippen LogP contribution in [0.15, 0.2) is 41.1 Å². The van der Waals surface area contributed by atoms with Crippen LogP contribution in [0.4, 0.5) is 0 Å². The van der Waals surface area contributed by atoms with Crippen LogP contribution in [0.2, 0.25) is 0 Å². The molecule has 0 saturated carbocycles. The van der Waals surface area contributed by atoms with Crippen molar-refractivity contribution >= 4 is 5.78 Å². The summed E-state index contributed by atoms with van der Waals surface area (Å²) >= 11 is 0. The van der Waals surface area contributed by atoms with E-state index in [-0.39, 0.29) is 11.7 Å². The van der Waals surface area contributed by atoms with Gasteiger partial charge in [-0.2, -0.15) is 0 Å². The number of hydrogen-bond donors (Lipinski definition) is 0. The van der Waals surface area contributed by atoms with E-state index >= 15 is 0 Å². The zero-order valence-electron chi connectivity index (χ0n) is 10.8. The van der Waals surface area contributed by atoms with Crippen LogP contribution in [-0.4, -0.2) is 10.8 Å². The number of aryl methyl sites for hydroxylation is 2. The lowest BCUT2D eigenvalue weighted by Gasteiger charge is -2.22. The van der Waals surface area contributed by atoms with E-state index in [0.717, 1.165) is 30.7 Å². The Labute approximate surface area is 112 Å². The molecule has 2 heterocycles. The molecule has 0 amide bonds. The fourth-order valence-corrected chi connectivity index (χ4v) is 2.80. The number of furan rings is 1. The molecule has 3 nitrogen and oxygen atoms in total. The Kier molecular flexibility index (Phi) is 3.45. The number of nitrogens with zero attached hydrogens (tertiary/aromatic N) is 1. The van der Waals surface area contributed by atoms with Crippen molar-refractivity contribution in [2.24, 2.45) is 0 Å². The van der Waals surface area contributed by atoms with E-state index in [1.165, 1.54) is 5.56 Å². The highest BCUT2D eigenvalue weighted by molar-refractivity contribution is 5.86. The van der Waals surface area contributed by atoms with Gasteiger partial charge in [0.25, 0.3) is 0 Å². The van der Waals surface area contributed by atoms with Gasteiger partial charge in [-0.15, -0.1) is 0 Å². The highest BCUT2D eigenvalue weighted by Gasteiger charge is 2.27. The van der Waals surface area contributed by atoms with Gasteiger partial charge >= 0.3 is 0 Å². The van der Waals surface area contributed by atoms with Crippen LogP contribution in [-0.2, 0) is 17.6 Å². The normalized spacial score (nSPS) is 18.0. The van der Waals surface area contributed by atoms with Gasteiger partial charge in [-0.05, 0) is 43.0 Å². The molecule has 0 aromatic carbocycles. The minimum atomic E-state index is -0.0140. The van der Waals surface area contributed by atoms with Crippen molar-refractivity contribution in [1.82, 2.24) is 4.98 Å². The van der Waals surface area contributed by atoms with Crippen molar-refractivity contribution in [3.63, 3.8) is 0 Å². The van der Waals surface area contributed by atoms with E-state index in [1.807, 2.05) is 18.2 Å². The monoisotopic (exact) mass is 255 g/mol. The topological polar surface area (TPSA) is 43.1 Å².